The van der Waals surface area contributed by atoms with E-state index in [2.05, 4.69) is 13.2 Å². The van der Waals surface area contributed by atoms with Crippen LogP contribution in [0.4, 0.5) is 0 Å². The third kappa shape index (κ3) is 34.6. The summed E-state index contributed by atoms with van der Waals surface area (Å²) in [4.78, 5) is 0. The number of aliphatic hydroxyl groups excluding tert-OH is 1. The van der Waals surface area contributed by atoms with E-state index in [0.29, 0.717) is 0 Å². The van der Waals surface area contributed by atoms with Crippen molar-refractivity contribution in [1.82, 2.24) is 0 Å². The Kier molecular flexibility index (Phi) is 21.7. The molecule has 0 spiro atoms. The molecule has 41 valence electrons. The third-order valence-corrected chi connectivity index (χ3v) is 0.741. The third-order valence-electron chi connectivity index (χ3n) is 0.333. The molecule has 0 aliphatic rings. The molecule has 0 unspecified atom stereocenters. The Morgan fingerprint density at radius 2 is 1.62 bits per heavy atom. The fourth-order valence-electron chi connectivity index (χ4n) is 0. The molecule has 2 heteroatoms. The Bertz CT molecular complexity index is 44.5. The van der Waals surface area contributed by atoms with Gasteiger partial charge in [0, 0.05) is 0 Å². The van der Waals surface area contributed by atoms with Crippen molar-refractivity contribution in [3.05, 3.63) is 25.3 Å². The zero-order valence-electron chi connectivity index (χ0n) is 5.14. The van der Waals surface area contributed by atoms with Crippen molar-refractivity contribution in [3.8, 4) is 0 Å². The van der Waals surface area contributed by atoms with Gasteiger partial charge in [-0.2, -0.15) is 0 Å². The van der Waals surface area contributed by atoms with E-state index in [-0.39, 0.29) is 6.61 Å². The molecule has 0 saturated heterocycles. The molecule has 0 aromatic heterocycles. The quantitative estimate of drug-likeness (QED) is 0.428. The van der Waals surface area contributed by atoms with Gasteiger partial charge in [-0.3, -0.25) is 0 Å². The molecule has 0 aliphatic carbocycles. The lowest BCUT2D eigenvalue weighted by Crippen LogP contribution is -1.62. The Labute approximate surface area is 63.5 Å². The highest BCUT2D eigenvalue weighted by atomic mass is 24.4. The maximum atomic E-state index is 7.76. The second-order valence-corrected chi connectivity index (χ2v) is 1.63. The van der Waals surface area contributed by atoms with Crippen molar-refractivity contribution >= 4 is 21.7 Å². The van der Waals surface area contributed by atoms with Crippen LogP contribution in [-0.4, -0.2) is 33.4 Å². The van der Waals surface area contributed by atoms with Crippen LogP contribution in [0.5, 0.6) is 0 Å². The van der Waals surface area contributed by atoms with E-state index < -0.39 is 0 Å². The van der Waals surface area contributed by atoms with Gasteiger partial charge in [0.1, 0.15) is 0 Å². The molecule has 0 atom stereocenters. The zero-order chi connectivity index (χ0) is 6.83. The molecule has 0 aromatic carbocycles. The van der Waals surface area contributed by atoms with Crippen LogP contribution >= 0.6 is 0 Å². The summed E-state index contributed by atoms with van der Waals surface area (Å²) in [5.41, 5.74) is 0. The van der Waals surface area contributed by atoms with E-state index >= 15 is 0 Å². The molecule has 0 saturated carbocycles. The standard InChI is InChI=1S/C3H6O.C3H5.Mg/c1-2-3-4;1-3-2;/h2,4H,1,3H2;3H,1-2H2;/q;;+2. The first kappa shape index (κ1) is 11.1. The summed E-state index contributed by atoms with van der Waals surface area (Å²) in [6.45, 7) is 6.80. The monoisotopic (exact) mass is 123 g/mol. The minimum atomic E-state index is 0.0833. The van der Waals surface area contributed by atoms with Gasteiger partial charge in [-0.25, -0.2) is 0 Å². The van der Waals surface area contributed by atoms with Crippen LogP contribution in [0.25, 0.3) is 0 Å². The first-order valence-electron chi connectivity index (χ1n) is 2.45. The molecule has 0 aromatic rings. The lowest BCUT2D eigenvalue weighted by molar-refractivity contribution is 0.343. The molecule has 0 fully saturated rings. The fourth-order valence-corrected chi connectivity index (χ4v) is 0. The maximum absolute atomic E-state index is 7.76. The number of hydrogen-bond acceptors (Lipinski definition) is 1. The summed E-state index contributed by atoms with van der Waals surface area (Å²) >= 11 is 1.90. The molecule has 1 nitrogen and oxygen atoms in total. The molecule has 7 radical (unpaired) electrons. The summed E-state index contributed by atoms with van der Waals surface area (Å²) in [5.74, 6) is 0. The SMILES string of the molecule is C=CCO.C=C[CH2][Mg+2]. The second kappa shape index (κ2) is 15.7. The Hall–Kier alpha value is 0.206. The van der Waals surface area contributed by atoms with Gasteiger partial charge in [-0.05, 0) is 6.08 Å². The molecule has 0 rings (SSSR count). The van der Waals surface area contributed by atoms with Crippen LogP contribution in [0.2, 0.25) is 4.55 Å². The molecule has 8 heavy (non-hydrogen) atoms. The number of allylic oxidation sites excluding steroid dienone is 1. The van der Waals surface area contributed by atoms with Gasteiger partial charge >= 0.3 is 21.7 Å². The van der Waals surface area contributed by atoms with Crippen LogP contribution in [0, 0.1) is 0 Å². The highest BCUT2D eigenvalue weighted by molar-refractivity contribution is 6.09. The molecule has 0 aliphatic heterocycles. The van der Waals surface area contributed by atoms with Crippen molar-refractivity contribution in [2.45, 2.75) is 4.55 Å². The Balaban J connectivity index is 0. The van der Waals surface area contributed by atoms with Crippen molar-refractivity contribution in [2.24, 2.45) is 0 Å². The first-order valence-corrected chi connectivity index (χ1v) is 3.45. The van der Waals surface area contributed by atoms with Crippen LogP contribution in [0.15, 0.2) is 25.3 Å². The van der Waals surface area contributed by atoms with Gasteiger partial charge in [-0.15, -0.1) is 6.58 Å². The van der Waals surface area contributed by atoms with Gasteiger partial charge < -0.3 is 5.11 Å². The fraction of sp³-hybridized carbons (Fsp3) is 0.333. The molecule has 0 bridgehead atoms. The lowest BCUT2D eigenvalue weighted by atomic mass is 10.7. The van der Waals surface area contributed by atoms with Gasteiger partial charge in [-0.1, -0.05) is 12.7 Å². The largest absolute Gasteiger partial charge is 1.42 e. The van der Waals surface area contributed by atoms with Crippen LogP contribution in [-0.2, 0) is 0 Å². The Morgan fingerprint density at radius 1 is 1.38 bits per heavy atom. The van der Waals surface area contributed by atoms with Gasteiger partial charge in [0.25, 0.3) is 4.55 Å². The number of aliphatic hydroxyl groups is 1. The minimum absolute atomic E-state index is 0.0833. The van der Waals surface area contributed by atoms with E-state index in [1.54, 1.807) is 0 Å². The summed E-state index contributed by atoms with van der Waals surface area (Å²) < 4.78 is 1.11. The van der Waals surface area contributed by atoms with E-state index in [0.717, 1.165) is 4.55 Å². The van der Waals surface area contributed by atoms with Crippen molar-refractivity contribution < 1.29 is 5.11 Å². The highest BCUT2D eigenvalue weighted by Crippen LogP contribution is 1.61. The predicted octanol–water partition coefficient (Wildman–Crippen LogP) is 0.924. The molecule has 0 heterocycles. The summed E-state index contributed by atoms with van der Waals surface area (Å²) in [6, 6.07) is 0. The molecule has 0 amide bonds. The molecule has 1 N–H and O–H groups in total. The minimum Gasteiger partial charge on any atom is -0.392 e. The summed E-state index contributed by atoms with van der Waals surface area (Å²) in [6.07, 6.45) is 3.32. The van der Waals surface area contributed by atoms with Crippen LogP contribution in [0.1, 0.15) is 0 Å². The first-order chi connectivity index (χ1) is 3.83. The van der Waals surface area contributed by atoms with Gasteiger partial charge in [0.15, 0.2) is 0 Å². The van der Waals surface area contributed by atoms with Gasteiger partial charge in [0.05, 0.1) is 6.61 Å². The zero-order valence-corrected chi connectivity index (χ0v) is 6.55. The van der Waals surface area contributed by atoms with Crippen molar-refractivity contribution in [3.63, 3.8) is 0 Å². The van der Waals surface area contributed by atoms with Crippen molar-refractivity contribution in [2.75, 3.05) is 6.61 Å². The predicted molar refractivity (Wildman–Crippen MR) is 38.0 cm³/mol. The molecular weight excluding hydrogens is 112 g/mol. The van der Waals surface area contributed by atoms with E-state index in [1.807, 2.05) is 27.8 Å². The van der Waals surface area contributed by atoms with E-state index in [4.69, 9.17) is 5.11 Å². The Morgan fingerprint density at radius 3 is 1.62 bits per heavy atom. The molecular formula is C6H11MgO+2. The number of hydrogen-bond donors (Lipinski definition) is 1. The summed E-state index contributed by atoms with van der Waals surface area (Å²) in [7, 11) is 0. The van der Waals surface area contributed by atoms with Gasteiger partial charge in [0.2, 0.25) is 0 Å². The van der Waals surface area contributed by atoms with Crippen LogP contribution < -0.4 is 0 Å². The summed E-state index contributed by atoms with van der Waals surface area (Å²) in [5, 5.41) is 7.76. The smallest absolute Gasteiger partial charge is 0.392 e. The topological polar surface area (TPSA) is 20.2 Å². The normalized spacial score (nSPS) is 6.25. The average Bonchev–Trinajstić information content (AvgIpc) is 1.88. The van der Waals surface area contributed by atoms with Crippen LogP contribution in [0.3, 0.4) is 0 Å². The van der Waals surface area contributed by atoms with E-state index in [1.165, 1.54) is 6.08 Å². The average molecular weight is 123 g/mol. The van der Waals surface area contributed by atoms with Crippen molar-refractivity contribution in [1.29, 1.82) is 0 Å². The van der Waals surface area contributed by atoms with E-state index in [9.17, 15) is 0 Å². The lowest BCUT2D eigenvalue weighted by Gasteiger charge is -1.60. The highest BCUT2D eigenvalue weighted by Gasteiger charge is 2.16. The second-order valence-electron chi connectivity index (χ2n) is 1.05. The maximum Gasteiger partial charge on any atom is 1.42 e. The number of rotatable bonds is 2.